The molecule has 2 atom stereocenters. The molecule has 3 rings (SSSR count). The first kappa shape index (κ1) is 14.4. The molecule has 0 bridgehead atoms. The molecule has 0 aliphatic carbocycles. The topological polar surface area (TPSA) is 62.2 Å². The fraction of sp³-hybridized carbons (Fsp3) is 0.733. The lowest BCUT2D eigenvalue weighted by molar-refractivity contribution is -0.124. The normalized spacial score (nSPS) is 26.6. The Labute approximate surface area is 125 Å². The number of piperidine rings is 2. The molecule has 0 aromatic carbocycles. The van der Waals surface area contributed by atoms with E-state index in [4.69, 9.17) is 0 Å². The Morgan fingerprint density at radius 3 is 3.00 bits per heavy atom. The van der Waals surface area contributed by atoms with Crippen LogP contribution in [0.3, 0.4) is 0 Å². The number of amides is 1. The van der Waals surface area contributed by atoms with E-state index in [0.717, 1.165) is 51.0 Å². The third kappa shape index (κ3) is 3.56. The minimum atomic E-state index is 0.00696. The van der Waals surface area contributed by atoms with E-state index in [1.807, 2.05) is 24.1 Å². The van der Waals surface area contributed by atoms with Gasteiger partial charge in [-0.1, -0.05) is 6.42 Å². The predicted molar refractivity (Wildman–Crippen MR) is 82.2 cm³/mol. The van der Waals surface area contributed by atoms with Crippen molar-refractivity contribution >= 4 is 11.6 Å². The van der Waals surface area contributed by atoms with Crippen molar-refractivity contribution in [1.82, 2.24) is 20.4 Å². The zero-order valence-electron chi connectivity index (χ0n) is 12.7. The molecular weight excluding hydrogens is 266 g/mol. The van der Waals surface area contributed by atoms with Gasteiger partial charge in [-0.05, 0) is 32.2 Å². The SMILES string of the molecule is Cn1cc(N2CCCC(NC(=O)[C@H]3CCCCN3)C2)cn1. The monoisotopic (exact) mass is 291 g/mol. The highest BCUT2D eigenvalue weighted by Gasteiger charge is 2.26. The van der Waals surface area contributed by atoms with E-state index in [-0.39, 0.29) is 18.0 Å². The Hall–Kier alpha value is -1.56. The molecule has 21 heavy (non-hydrogen) atoms. The number of nitrogens with one attached hydrogen (secondary N) is 2. The molecule has 2 aliphatic heterocycles. The van der Waals surface area contributed by atoms with Crippen molar-refractivity contribution in [2.75, 3.05) is 24.5 Å². The third-order valence-corrected chi connectivity index (χ3v) is 4.45. The van der Waals surface area contributed by atoms with Crippen LogP contribution in [0.25, 0.3) is 0 Å². The molecule has 0 saturated carbocycles. The molecule has 1 aromatic rings. The molecule has 0 radical (unpaired) electrons. The average molecular weight is 291 g/mol. The van der Waals surface area contributed by atoms with Crippen molar-refractivity contribution in [3.8, 4) is 0 Å². The summed E-state index contributed by atoms with van der Waals surface area (Å²) in [5.74, 6) is 0.174. The lowest BCUT2D eigenvalue weighted by Crippen LogP contribution is -2.53. The summed E-state index contributed by atoms with van der Waals surface area (Å²) < 4.78 is 1.82. The first-order valence-corrected chi connectivity index (χ1v) is 8.00. The summed E-state index contributed by atoms with van der Waals surface area (Å²) in [5, 5.41) is 10.8. The van der Waals surface area contributed by atoms with E-state index in [9.17, 15) is 4.79 Å². The predicted octanol–water partition coefficient (Wildman–Crippen LogP) is 0.647. The fourth-order valence-corrected chi connectivity index (χ4v) is 3.28. The van der Waals surface area contributed by atoms with Gasteiger partial charge in [0, 0.05) is 32.4 Å². The third-order valence-electron chi connectivity index (χ3n) is 4.45. The van der Waals surface area contributed by atoms with E-state index in [0.29, 0.717) is 0 Å². The Kier molecular flexibility index (Phi) is 4.43. The van der Waals surface area contributed by atoms with Crippen LogP contribution in [0.1, 0.15) is 32.1 Å². The van der Waals surface area contributed by atoms with Gasteiger partial charge in [0.05, 0.1) is 17.9 Å². The van der Waals surface area contributed by atoms with E-state index < -0.39 is 0 Å². The van der Waals surface area contributed by atoms with E-state index in [1.165, 1.54) is 6.42 Å². The zero-order valence-corrected chi connectivity index (χ0v) is 12.7. The number of anilines is 1. The molecule has 6 heteroatoms. The molecule has 2 saturated heterocycles. The van der Waals surface area contributed by atoms with Gasteiger partial charge in [0.2, 0.25) is 5.91 Å². The summed E-state index contributed by atoms with van der Waals surface area (Å²) in [6.45, 7) is 2.88. The number of hydrogen-bond donors (Lipinski definition) is 2. The average Bonchev–Trinajstić information content (AvgIpc) is 2.95. The van der Waals surface area contributed by atoms with Gasteiger partial charge in [-0.2, -0.15) is 5.10 Å². The number of hydrogen-bond acceptors (Lipinski definition) is 4. The molecule has 2 fully saturated rings. The summed E-state index contributed by atoms with van der Waals surface area (Å²) in [5.41, 5.74) is 1.15. The Bertz CT molecular complexity index is 480. The van der Waals surface area contributed by atoms with Crippen LogP contribution >= 0.6 is 0 Å². The highest BCUT2D eigenvalue weighted by atomic mass is 16.2. The second-order valence-corrected chi connectivity index (χ2v) is 6.17. The van der Waals surface area contributed by atoms with Gasteiger partial charge in [0.15, 0.2) is 0 Å². The number of nitrogens with zero attached hydrogens (tertiary/aromatic N) is 3. The van der Waals surface area contributed by atoms with Gasteiger partial charge in [-0.15, -0.1) is 0 Å². The minimum absolute atomic E-state index is 0.00696. The molecule has 2 aliphatic rings. The van der Waals surface area contributed by atoms with E-state index in [1.54, 1.807) is 0 Å². The Balaban J connectivity index is 1.54. The van der Waals surface area contributed by atoms with Crippen molar-refractivity contribution in [2.45, 2.75) is 44.2 Å². The van der Waals surface area contributed by atoms with Crippen molar-refractivity contribution < 1.29 is 4.79 Å². The number of carbonyl (C=O) groups excluding carboxylic acids is 1. The summed E-state index contributed by atoms with van der Waals surface area (Å²) in [7, 11) is 1.93. The maximum absolute atomic E-state index is 12.3. The molecule has 6 nitrogen and oxygen atoms in total. The molecule has 2 N–H and O–H groups in total. The van der Waals surface area contributed by atoms with Gasteiger partial charge in [0.25, 0.3) is 0 Å². The van der Waals surface area contributed by atoms with Gasteiger partial charge >= 0.3 is 0 Å². The summed E-state index contributed by atoms with van der Waals surface area (Å²) >= 11 is 0. The summed E-state index contributed by atoms with van der Waals surface area (Å²) in [6.07, 6.45) is 9.40. The molecule has 116 valence electrons. The van der Waals surface area contributed by atoms with Crippen LogP contribution in [0.4, 0.5) is 5.69 Å². The molecule has 0 spiro atoms. The molecule has 3 heterocycles. The van der Waals surface area contributed by atoms with Gasteiger partial charge in [0.1, 0.15) is 0 Å². The Morgan fingerprint density at radius 2 is 2.29 bits per heavy atom. The number of rotatable bonds is 3. The van der Waals surface area contributed by atoms with E-state index in [2.05, 4.69) is 20.6 Å². The van der Waals surface area contributed by atoms with Gasteiger partial charge in [-0.25, -0.2) is 0 Å². The summed E-state index contributed by atoms with van der Waals surface area (Å²) in [6, 6.07) is 0.253. The molecule has 1 aromatic heterocycles. The van der Waals surface area contributed by atoms with Crippen LogP contribution < -0.4 is 15.5 Å². The van der Waals surface area contributed by atoms with Gasteiger partial charge < -0.3 is 15.5 Å². The minimum Gasteiger partial charge on any atom is -0.367 e. The maximum atomic E-state index is 12.3. The lowest BCUT2D eigenvalue weighted by atomic mass is 10.0. The molecule has 1 unspecified atom stereocenters. The number of aromatic nitrogens is 2. The summed E-state index contributed by atoms with van der Waals surface area (Å²) in [4.78, 5) is 14.6. The van der Waals surface area contributed by atoms with Crippen molar-refractivity contribution in [2.24, 2.45) is 7.05 Å². The quantitative estimate of drug-likeness (QED) is 0.858. The van der Waals surface area contributed by atoms with Crippen LogP contribution in [0, 0.1) is 0 Å². The van der Waals surface area contributed by atoms with Crippen LogP contribution in [-0.4, -0.2) is 47.4 Å². The second kappa shape index (κ2) is 6.47. The van der Waals surface area contributed by atoms with Crippen molar-refractivity contribution in [3.63, 3.8) is 0 Å². The fourth-order valence-electron chi connectivity index (χ4n) is 3.28. The van der Waals surface area contributed by atoms with Crippen LogP contribution in [-0.2, 0) is 11.8 Å². The number of aryl methyl sites for hydroxylation is 1. The van der Waals surface area contributed by atoms with Crippen molar-refractivity contribution in [1.29, 1.82) is 0 Å². The molecule has 1 amide bonds. The van der Waals surface area contributed by atoms with Crippen molar-refractivity contribution in [3.05, 3.63) is 12.4 Å². The molecular formula is C15H25N5O. The smallest absolute Gasteiger partial charge is 0.237 e. The van der Waals surface area contributed by atoms with Crippen LogP contribution in [0.2, 0.25) is 0 Å². The second-order valence-electron chi connectivity index (χ2n) is 6.17. The van der Waals surface area contributed by atoms with E-state index >= 15 is 0 Å². The highest BCUT2D eigenvalue weighted by molar-refractivity contribution is 5.82. The Morgan fingerprint density at radius 1 is 1.38 bits per heavy atom. The lowest BCUT2D eigenvalue weighted by Gasteiger charge is -2.35. The standard InChI is InChI=1S/C15H25N5O/c1-19-11-13(9-17-19)20-8-4-5-12(10-20)18-15(21)14-6-2-3-7-16-14/h9,11-12,14,16H,2-8,10H2,1H3,(H,18,21)/t12?,14-/m1/s1. The number of carbonyl (C=O) groups is 1. The largest absolute Gasteiger partial charge is 0.367 e. The maximum Gasteiger partial charge on any atom is 0.237 e. The van der Waals surface area contributed by atoms with Crippen LogP contribution in [0.5, 0.6) is 0 Å². The van der Waals surface area contributed by atoms with Crippen LogP contribution in [0.15, 0.2) is 12.4 Å². The highest BCUT2D eigenvalue weighted by Crippen LogP contribution is 2.19. The zero-order chi connectivity index (χ0) is 14.7. The first-order valence-electron chi connectivity index (χ1n) is 8.00. The van der Waals surface area contributed by atoms with Gasteiger partial charge in [-0.3, -0.25) is 9.48 Å². The first-order chi connectivity index (χ1) is 10.2.